The predicted octanol–water partition coefficient (Wildman–Crippen LogP) is 1.55. The maximum atomic E-state index is 11.8. The first-order chi connectivity index (χ1) is 8.69. The highest BCUT2D eigenvalue weighted by Gasteiger charge is 2.24. The number of carbonyl (C=O) groups excluding carboxylic acids is 1. The third-order valence-corrected chi connectivity index (χ3v) is 4.70. The lowest BCUT2D eigenvalue weighted by Crippen LogP contribution is -2.44. The van der Waals surface area contributed by atoms with E-state index in [-0.39, 0.29) is 10.6 Å². The number of hydrogen-bond acceptors (Lipinski definition) is 4. The quantitative estimate of drug-likeness (QED) is 0.829. The molecule has 106 valence electrons. The number of benzene rings is 1. The van der Waals surface area contributed by atoms with E-state index in [0.717, 1.165) is 0 Å². The lowest BCUT2D eigenvalue weighted by atomic mass is 10.0. The first kappa shape index (κ1) is 15.5. The molecule has 0 aliphatic rings. The van der Waals surface area contributed by atoms with Crippen molar-refractivity contribution in [3.63, 3.8) is 0 Å². The molecule has 0 aromatic heterocycles. The Hall–Kier alpha value is -1.56. The average molecular weight is 284 g/mol. The summed E-state index contributed by atoms with van der Waals surface area (Å²) in [7, 11) is -3.21. The van der Waals surface area contributed by atoms with Crippen LogP contribution in [0.1, 0.15) is 27.2 Å². The van der Waals surface area contributed by atoms with Gasteiger partial charge >= 0.3 is 0 Å². The van der Waals surface area contributed by atoms with Gasteiger partial charge in [-0.3, -0.25) is 4.79 Å². The van der Waals surface area contributed by atoms with E-state index < -0.39 is 21.3 Å². The summed E-state index contributed by atoms with van der Waals surface area (Å²) >= 11 is 0. The summed E-state index contributed by atoms with van der Waals surface area (Å²) < 4.78 is 23.7. The molecule has 0 aliphatic heterocycles. The van der Waals surface area contributed by atoms with E-state index in [2.05, 4.69) is 5.32 Å². The molecular formula is C13H20N2O3S. The molecule has 1 amide bonds. The van der Waals surface area contributed by atoms with Gasteiger partial charge in [-0.25, -0.2) is 8.42 Å². The van der Waals surface area contributed by atoms with E-state index >= 15 is 0 Å². The van der Waals surface area contributed by atoms with Gasteiger partial charge in [0.25, 0.3) is 0 Å². The number of primary amides is 1. The molecule has 0 aliphatic carbocycles. The fourth-order valence-corrected chi connectivity index (χ4v) is 2.88. The molecule has 1 aromatic rings. The van der Waals surface area contributed by atoms with Crippen LogP contribution in [-0.4, -0.2) is 25.6 Å². The van der Waals surface area contributed by atoms with Gasteiger partial charge in [-0.1, -0.05) is 6.92 Å². The Morgan fingerprint density at radius 1 is 1.26 bits per heavy atom. The van der Waals surface area contributed by atoms with Gasteiger partial charge in [0, 0.05) is 5.69 Å². The van der Waals surface area contributed by atoms with Crippen molar-refractivity contribution in [1.29, 1.82) is 0 Å². The molecule has 0 atom stereocenters. The fraction of sp³-hybridized carbons (Fsp3) is 0.462. The molecule has 0 fully saturated rings. The zero-order valence-electron chi connectivity index (χ0n) is 11.4. The minimum absolute atomic E-state index is 0.132. The second kappa shape index (κ2) is 5.61. The first-order valence-corrected chi connectivity index (χ1v) is 7.75. The van der Waals surface area contributed by atoms with Crippen LogP contribution in [0.4, 0.5) is 5.69 Å². The summed E-state index contributed by atoms with van der Waals surface area (Å²) in [6.07, 6.45) is 0.580. The van der Waals surface area contributed by atoms with Gasteiger partial charge in [0.1, 0.15) is 5.54 Å². The summed E-state index contributed by atoms with van der Waals surface area (Å²) in [4.78, 5) is 11.5. The van der Waals surface area contributed by atoms with Crippen LogP contribution in [0.15, 0.2) is 29.2 Å². The number of anilines is 1. The van der Waals surface area contributed by atoms with Crippen LogP contribution < -0.4 is 11.1 Å². The number of rotatable bonds is 6. The Morgan fingerprint density at radius 3 is 2.21 bits per heavy atom. The molecule has 0 bridgehead atoms. The van der Waals surface area contributed by atoms with Gasteiger partial charge < -0.3 is 11.1 Å². The molecule has 0 heterocycles. The van der Waals surface area contributed by atoms with E-state index in [0.29, 0.717) is 12.1 Å². The van der Waals surface area contributed by atoms with Gasteiger partial charge in [0.05, 0.1) is 10.6 Å². The topological polar surface area (TPSA) is 89.3 Å². The number of hydrogen-bond donors (Lipinski definition) is 2. The second-order valence-corrected chi connectivity index (χ2v) is 7.07. The molecule has 1 aromatic carbocycles. The molecule has 1 rings (SSSR count). The summed E-state index contributed by atoms with van der Waals surface area (Å²) in [5.41, 5.74) is 5.03. The van der Waals surface area contributed by atoms with Crippen LogP contribution in [0, 0.1) is 0 Å². The molecule has 0 saturated carbocycles. The Labute approximate surface area is 114 Å². The van der Waals surface area contributed by atoms with E-state index in [4.69, 9.17) is 5.73 Å². The Kier molecular flexibility index (Phi) is 4.57. The summed E-state index contributed by atoms with van der Waals surface area (Å²) in [5, 5.41) is 2.96. The number of amides is 1. The monoisotopic (exact) mass is 284 g/mol. The lowest BCUT2D eigenvalue weighted by Gasteiger charge is -2.23. The van der Waals surface area contributed by atoms with Crippen LogP contribution in [0.2, 0.25) is 0 Å². The number of nitrogens with one attached hydrogen (secondary N) is 1. The SMILES string of the molecule is CCCS(=O)(=O)c1ccc(NC(C)(C)C(N)=O)cc1. The number of nitrogens with two attached hydrogens (primary N) is 1. The molecule has 6 heteroatoms. The minimum Gasteiger partial charge on any atom is -0.372 e. The van der Waals surface area contributed by atoms with Crippen LogP contribution in [0.25, 0.3) is 0 Å². The van der Waals surface area contributed by atoms with Crippen LogP contribution >= 0.6 is 0 Å². The summed E-state index contributed by atoms with van der Waals surface area (Å²) in [6.45, 7) is 5.15. The standard InChI is InChI=1S/C13H20N2O3S/c1-4-9-19(17,18)11-7-5-10(6-8-11)15-13(2,3)12(14)16/h5-8,15H,4,9H2,1-3H3,(H2,14,16). The van der Waals surface area contributed by atoms with E-state index in [1.807, 2.05) is 6.92 Å². The smallest absolute Gasteiger partial charge is 0.242 e. The van der Waals surface area contributed by atoms with Gasteiger partial charge in [0.2, 0.25) is 5.91 Å². The molecule has 0 radical (unpaired) electrons. The van der Waals surface area contributed by atoms with Crippen molar-refractivity contribution in [2.45, 2.75) is 37.6 Å². The summed E-state index contributed by atoms with van der Waals surface area (Å²) in [5.74, 6) is -0.345. The minimum atomic E-state index is -3.21. The van der Waals surface area contributed by atoms with Crippen molar-refractivity contribution in [3.05, 3.63) is 24.3 Å². The maximum absolute atomic E-state index is 11.8. The highest BCUT2D eigenvalue weighted by molar-refractivity contribution is 7.91. The summed E-state index contributed by atoms with van der Waals surface area (Å²) in [6, 6.07) is 6.33. The highest BCUT2D eigenvalue weighted by atomic mass is 32.2. The molecule has 19 heavy (non-hydrogen) atoms. The fourth-order valence-electron chi connectivity index (χ4n) is 1.55. The predicted molar refractivity (Wildman–Crippen MR) is 75.7 cm³/mol. The molecular weight excluding hydrogens is 264 g/mol. The molecule has 0 saturated heterocycles. The van der Waals surface area contributed by atoms with Crippen molar-refractivity contribution >= 4 is 21.4 Å². The lowest BCUT2D eigenvalue weighted by molar-refractivity contribution is -0.121. The molecule has 0 unspecified atom stereocenters. The van der Waals surface area contributed by atoms with Gasteiger partial charge in [-0.15, -0.1) is 0 Å². The Morgan fingerprint density at radius 2 is 1.79 bits per heavy atom. The van der Waals surface area contributed by atoms with E-state index in [1.54, 1.807) is 26.0 Å². The number of sulfone groups is 1. The van der Waals surface area contributed by atoms with Gasteiger partial charge in [-0.2, -0.15) is 0 Å². The van der Waals surface area contributed by atoms with E-state index in [9.17, 15) is 13.2 Å². The third-order valence-electron chi connectivity index (χ3n) is 2.76. The second-order valence-electron chi connectivity index (χ2n) is 4.96. The largest absolute Gasteiger partial charge is 0.372 e. The van der Waals surface area contributed by atoms with Crippen LogP contribution in [0.3, 0.4) is 0 Å². The average Bonchev–Trinajstić information content (AvgIpc) is 2.28. The normalized spacial score (nSPS) is 12.2. The number of carbonyl (C=O) groups is 1. The Balaban J connectivity index is 2.92. The maximum Gasteiger partial charge on any atom is 0.242 e. The van der Waals surface area contributed by atoms with E-state index in [1.165, 1.54) is 12.1 Å². The molecule has 0 spiro atoms. The van der Waals surface area contributed by atoms with Crippen molar-refractivity contribution in [2.24, 2.45) is 5.73 Å². The van der Waals surface area contributed by atoms with Gasteiger partial charge in [-0.05, 0) is 44.5 Å². The molecule has 3 N–H and O–H groups in total. The third kappa shape index (κ3) is 3.96. The zero-order chi connectivity index (χ0) is 14.7. The highest BCUT2D eigenvalue weighted by Crippen LogP contribution is 2.19. The zero-order valence-corrected chi connectivity index (χ0v) is 12.3. The van der Waals surface area contributed by atoms with Crippen molar-refractivity contribution in [1.82, 2.24) is 0 Å². The van der Waals surface area contributed by atoms with Crippen molar-refractivity contribution < 1.29 is 13.2 Å². The van der Waals surface area contributed by atoms with Gasteiger partial charge in [0.15, 0.2) is 9.84 Å². The Bertz CT molecular complexity index is 548. The van der Waals surface area contributed by atoms with Crippen molar-refractivity contribution in [3.8, 4) is 0 Å². The van der Waals surface area contributed by atoms with Crippen LogP contribution in [0.5, 0.6) is 0 Å². The van der Waals surface area contributed by atoms with Crippen molar-refractivity contribution in [2.75, 3.05) is 11.1 Å². The first-order valence-electron chi connectivity index (χ1n) is 6.10. The molecule has 5 nitrogen and oxygen atoms in total. The van der Waals surface area contributed by atoms with Crippen LogP contribution in [-0.2, 0) is 14.6 Å².